The molecule has 22 heavy (non-hydrogen) atoms. The second kappa shape index (κ2) is 5.93. The molecule has 1 aromatic carbocycles. The molecular formula is C17H18N2O2S. The molecule has 114 valence electrons. The number of amides is 2. The molecule has 1 aromatic heterocycles. The monoisotopic (exact) mass is 314 g/mol. The minimum absolute atomic E-state index is 0.0189. The summed E-state index contributed by atoms with van der Waals surface area (Å²) >= 11 is 1.66. The first-order chi connectivity index (χ1) is 10.6. The number of rotatable bonds is 3. The van der Waals surface area contributed by atoms with Gasteiger partial charge in [0, 0.05) is 18.7 Å². The van der Waals surface area contributed by atoms with Crippen molar-refractivity contribution in [1.82, 2.24) is 5.32 Å². The standard InChI is InChI=1S/C17H18N2O2S/c1-17(8-6-15(20)18-11-17)16(21)19-14-4-2-12(3-5-14)13-7-9-22-10-13/h2-5,7,9-10H,6,8,11H2,1H3,(H,18,20)(H,19,21). The van der Waals surface area contributed by atoms with Crippen molar-refractivity contribution in [1.29, 1.82) is 0 Å². The van der Waals surface area contributed by atoms with Crippen LogP contribution in [-0.2, 0) is 9.59 Å². The highest BCUT2D eigenvalue weighted by Gasteiger charge is 2.37. The minimum atomic E-state index is -0.542. The van der Waals surface area contributed by atoms with Crippen LogP contribution in [0, 0.1) is 5.41 Å². The number of thiophene rings is 1. The van der Waals surface area contributed by atoms with E-state index < -0.39 is 5.41 Å². The van der Waals surface area contributed by atoms with Crippen LogP contribution >= 0.6 is 11.3 Å². The molecular weight excluding hydrogens is 296 g/mol. The molecule has 0 radical (unpaired) electrons. The lowest BCUT2D eigenvalue weighted by atomic mass is 9.81. The molecule has 1 fully saturated rings. The van der Waals surface area contributed by atoms with Crippen LogP contribution in [0.1, 0.15) is 19.8 Å². The summed E-state index contributed by atoms with van der Waals surface area (Å²) in [5, 5.41) is 9.86. The van der Waals surface area contributed by atoms with Crippen LogP contribution in [0.4, 0.5) is 5.69 Å². The molecule has 0 bridgehead atoms. The van der Waals surface area contributed by atoms with E-state index in [-0.39, 0.29) is 11.8 Å². The molecule has 0 aliphatic carbocycles. The summed E-state index contributed by atoms with van der Waals surface area (Å²) in [6, 6.07) is 9.90. The first kappa shape index (κ1) is 14.8. The number of anilines is 1. The molecule has 1 aliphatic heterocycles. The van der Waals surface area contributed by atoms with E-state index in [0.717, 1.165) is 11.3 Å². The van der Waals surface area contributed by atoms with Gasteiger partial charge in [-0.1, -0.05) is 12.1 Å². The Morgan fingerprint density at radius 3 is 2.59 bits per heavy atom. The average molecular weight is 314 g/mol. The van der Waals surface area contributed by atoms with Crippen LogP contribution in [0.25, 0.3) is 11.1 Å². The third-order valence-corrected chi connectivity index (χ3v) is 4.81. The molecule has 2 amide bonds. The van der Waals surface area contributed by atoms with Gasteiger partial charge in [-0.2, -0.15) is 11.3 Å². The molecule has 0 spiro atoms. The smallest absolute Gasteiger partial charge is 0.232 e. The van der Waals surface area contributed by atoms with Gasteiger partial charge in [0.1, 0.15) is 0 Å². The van der Waals surface area contributed by atoms with Gasteiger partial charge >= 0.3 is 0 Å². The molecule has 1 unspecified atom stereocenters. The summed E-state index contributed by atoms with van der Waals surface area (Å²) in [7, 11) is 0. The number of nitrogens with one attached hydrogen (secondary N) is 2. The highest BCUT2D eigenvalue weighted by molar-refractivity contribution is 7.08. The predicted molar refractivity (Wildman–Crippen MR) is 88.7 cm³/mol. The Kier molecular flexibility index (Phi) is 3.98. The number of carbonyl (C=O) groups is 2. The van der Waals surface area contributed by atoms with E-state index in [1.807, 2.05) is 36.6 Å². The highest BCUT2D eigenvalue weighted by atomic mass is 32.1. The molecule has 2 heterocycles. The van der Waals surface area contributed by atoms with Crippen molar-refractivity contribution in [2.75, 3.05) is 11.9 Å². The first-order valence-corrected chi connectivity index (χ1v) is 8.22. The summed E-state index contributed by atoms with van der Waals surface area (Å²) in [4.78, 5) is 23.7. The number of hydrogen-bond acceptors (Lipinski definition) is 3. The fourth-order valence-corrected chi connectivity index (χ4v) is 3.18. The Hall–Kier alpha value is -2.14. The summed E-state index contributed by atoms with van der Waals surface area (Å²) in [5.41, 5.74) is 2.56. The summed E-state index contributed by atoms with van der Waals surface area (Å²) in [6.45, 7) is 2.28. The molecule has 1 atom stereocenters. The van der Waals surface area contributed by atoms with Crippen LogP contribution in [-0.4, -0.2) is 18.4 Å². The van der Waals surface area contributed by atoms with Gasteiger partial charge in [0.15, 0.2) is 0 Å². The molecule has 1 aliphatic rings. The van der Waals surface area contributed by atoms with E-state index in [9.17, 15) is 9.59 Å². The van der Waals surface area contributed by atoms with Crippen molar-refractivity contribution in [2.24, 2.45) is 5.41 Å². The van der Waals surface area contributed by atoms with E-state index >= 15 is 0 Å². The van der Waals surface area contributed by atoms with E-state index in [4.69, 9.17) is 0 Å². The van der Waals surface area contributed by atoms with Gasteiger partial charge < -0.3 is 10.6 Å². The van der Waals surface area contributed by atoms with Crippen molar-refractivity contribution in [3.05, 3.63) is 41.1 Å². The van der Waals surface area contributed by atoms with E-state index in [2.05, 4.69) is 22.1 Å². The van der Waals surface area contributed by atoms with Gasteiger partial charge in [-0.15, -0.1) is 0 Å². The first-order valence-electron chi connectivity index (χ1n) is 7.28. The zero-order valence-corrected chi connectivity index (χ0v) is 13.2. The highest BCUT2D eigenvalue weighted by Crippen LogP contribution is 2.28. The second-order valence-electron chi connectivity index (χ2n) is 5.88. The van der Waals surface area contributed by atoms with E-state index in [1.165, 1.54) is 5.56 Å². The predicted octanol–water partition coefficient (Wildman–Crippen LogP) is 3.27. The van der Waals surface area contributed by atoms with Gasteiger partial charge in [-0.05, 0) is 53.4 Å². The lowest BCUT2D eigenvalue weighted by molar-refractivity contribution is -0.130. The quantitative estimate of drug-likeness (QED) is 0.913. The van der Waals surface area contributed by atoms with Gasteiger partial charge in [0.2, 0.25) is 11.8 Å². The molecule has 0 saturated carbocycles. The number of hydrogen-bond donors (Lipinski definition) is 2. The molecule has 5 heteroatoms. The van der Waals surface area contributed by atoms with Crippen molar-refractivity contribution >= 4 is 28.8 Å². The lowest BCUT2D eigenvalue weighted by Crippen LogP contribution is -2.48. The molecule has 2 N–H and O–H groups in total. The summed E-state index contributed by atoms with van der Waals surface area (Å²) in [6.07, 6.45) is 0.985. The van der Waals surface area contributed by atoms with Crippen LogP contribution in [0.3, 0.4) is 0 Å². The third kappa shape index (κ3) is 3.04. The van der Waals surface area contributed by atoms with Gasteiger partial charge in [-0.25, -0.2) is 0 Å². The Morgan fingerprint density at radius 1 is 1.23 bits per heavy atom. The van der Waals surface area contributed by atoms with Crippen molar-refractivity contribution in [3.8, 4) is 11.1 Å². The summed E-state index contributed by atoms with van der Waals surface area (Å²) in [5.74, 6) is -0.0267. The number of carbonyl (C=O) groups excluding carboxylic acids is 2. The number of piperidine rings is 1. The maximum Gasteiger partial charge on any atom is 0.232 e. The van der Waals surface area contributed by atoms with Crippen LogP contribution in [0.15, 0.2) is 41.1 Å². The Labute approximate surface area is 133 Å². The van der Waals surface area contributed by atoms with E-state index in [0.29, 0.717) is 19.4 Å². The topological polar surface area (TPSA) is 58.2 Å². The van der Waals surface area contributed by atoms with Crippen molar-refractivity contribution in [3.63, 3.8) is 0 Å². The average Bonchev–Trinajstić information content (AvgIpc) is 3.05. The fraction of sp³-hybridized carbons (Fsp3) is 0.294. The normalized spacial score (nSPS) is 21.2. The SMILES string of the molecule is CC1(C(=O)Nc2ccc(-c3ccsc3)cc2)CCC(=O)NC1. The Morgan fingerprint density at radius 2 is 2.00 bits per heavy atom. The van der Waals surface area contributed by atoms with Crippen molar-refractivity contribution in [2.45, 2.75) is 19.8 Å². The molecule has 2 aromatic rings. The van der Waals surface area contributed by atoms with Crippen LogP contribution in [0.2, 0.25) is 0 Å². The molecule has 3 rings (SSSR count). The van der Waals surface area contributed by atoms with Crippen molar-refractivity contribution < 1.29 is 9.59 Å². The third-order valence-electron chi connectivity index (χ3n) is 4.13. The zero-order valence-electron chi connectivity index (χ0n) is 12.4. The maximum atomic E-state index is 12.4. The Balaban J connectivity index is 1.68. The minimum Gasteiger partial charge on any atom is -0.355 e. The zero-order chi connectivity index (χ0) is 15.6. The molecule has 4 nitrogen and oxygen atoms in total. The second-order valence-corrected chi connectivity index (χ2v) is 6.66. The van der Waals surface area contributed by atoms with E-state index in [1.54, 1.807) is 11.3 Å². The lowest BCUT2D eigenvalue weighted by Gasteiger charge is -2.32. The van der Waals surface area contributed by atoms with Crippen LogP contribution < -0.4 is 10.6 Å². The van der Waals surface area contributed by atoms with Gasteiger partial charge in [0.05, 0.1) is 5.41 Å². The van der Waals surface area contributed by atoms with Gasteiger partial charge in [-0.3, -0.25) is 9.59 Å². The Bertz CT molecular complexity index is 667. The maximum absolute atomic E-state index is 12.4. The molecule has 1 saturated heterocycles. The summed E-state index contributed by atoms with van der Waals surface area (Å²) < 4.78 is 0. The van der Waals surface area contributed by atoms with Gasteiger partial charge in [0.25, 0.3) is 0 Å². The van der Waals surface area contributed by atoms with Crippen LogP contribution in [0.5, 0.6) is 0 Å². The fourth-order valence-electron chi connectivity index (χ4n) is 2.51. The largest absolute Gasteiger partial charge is 0.355 e. The number of benzene rings is 1.